The second-order valence-corrected chi connectivity index (χ2v) is 3.34. The number of ether oxygens (including phenoxy) is 2. The summed E-state index contributed by atoms with van der Waals surface area (Å²) in [4.78, 5) is 13.6. The van der Waals surface area contributed by atoms with Gasteiger partial charge < -0.3 is 9.47 Å². The quantitative estimate of drug-likeness (QED) is 0.588. The van der Waals surface area contributed by atoms with E-state index < -0.39 is 0 Å². The lowest BCUT2D eigenvalue weighted by Gasteiger charge is -2.11. The van der Waals surface area contributed by atoms with Gasteiger partial charge in [0.1, 0.15) is 11.5 Å². The summed E-state index contributed by atoms with van der Waals surface area (Å²) in [6.07, 6.45) is 1.48. The molecule has 0 aromatic heterocycles. The topological polar surface area (TPSA) is 47.9 Å². The summed E-state index contributed by atoms with van der Waals surface area (Å²) in [6, 6.07) is 3.35. The molecule has 1 aromatic carbocycles. The first kappa shape index (κ1) is 12.6. The van der Waals surface area contributed by atoms with Gasteiger partial charge in [-0.3, -0.25) is 0 Å². The first-order valence-corrected chi connectivity index (χ1v) is 5.13. The van der Waals surface area contributed by atoms with Crippen molar-refractivity contribution in [3.63, 3.8) is 0 Å². The Morgan fingerprint density at radius 3 is 2.75 bits per heavy atom. The monoisotopic (exact) mass is 241 g/mol. The van der Waals surface area contributed by atoms with Gasteiger partial charge in [0, 0.05) is 11.6 Å². The van der Waals surface area contributed by atoms with E-state index in [0.717, 1.165) is 5.56 Å². The molecule has 1 rings (SSSR count). The van der Waals surface area contributed by atoms with Crippen LogP contribution in [0.15, 0.2) is 17.1 Å². The number of carbonyl (C=O) groups excluding carboxylic acids is 1. The van der Waals surface area contributed by atoms with E-state index in [4.69, 9.17) is 21.1 Å². The highest BCUT2D eigenvalue weighted by molar-refractivity contribution is 6.32. The maximum Gasteiger partial charge on any atom is 0.235 e. The van der Waals surface area contributed by atoms with Crippen LogP contribution >= 0.6 is 11.6 Å². The molecular formula is C11H12ClNO3. The van der Waals surface area contributed by atoms with Crippen molar-refractivity contribution in [3.05, 3.63) is 22.7 Å². The molecule has 0 unspecified atom stereocenters. The smallest absolute Gasteiger partial charge is 0.235 e. The van der Waals surface area contributed by atoms with E-state index in [1.54, 1.807) is 12.1 Å². The molecule has 0 N–H and O–H groups in total. The number of nitrogens with zero attached hydrogens (tertiary/aromatic N) is 1. The fourth-order valence-corrected chi connectivity index (χ4v) is 1.53. The molecule has 1 aromatic rings. The van der Waals surface area contributed by atoms with E-state index in [2.05, 4.69) is 4.99 Å². The molecule has 16 heavy (non-hydrogen) atoms. The van der Waals surface area contributed by atoms with Gasteiger partial charge in [-0.1, -0.05) is 11.6 Å². The van der Waals surface area contributed by atoms with Crippen LogP contribution in [0.2, 0.25) is 5.02 Å². The van der Waals surface area contributed by atoms with Crippen molar-refractivity contribution >= 4 is 17.7 Å². The van der Waals surface area contributed by atoms with Gasteiger partial charge in [0.05, 0.1) is 25.3 Å². The Labute approximate surface area is 98.8 Å². The summed E-state index contributed by atoms with van der Waals surface area (Å²) in [5.74, 6) is 1.15. The summed E-state index contributed by atoms with van der Waals surface area (Å²) in [6.45, 7) is 2.58. The molecular weight excluding hydrogens is 230 g/mol. The number of rotatable bonds is 5. The van der Waals surface area contributed by atoms with Gasteiger partial charge in [0.2, 0.25) is 6.08 Å². The number of methoxy groups -OCH3 is 1. The van der Waals surface area contributed by atoms with E-state index in [9.17, 15) is 4.79 Å². The van der Waals surface area contributed by atoms with Crippen molar-refractivity contribution in [1.29, 1.82) is 0 Å². The summed E-state index contributed by atoms with van der Waals surface area (Å²) < 4.78 is 10.5. The Bertz CT molecular complexity index is 414. The van der Waals surface area contributed by atoms with Crippen LogP contribution in [0.3, 0.4) is 0 Å². The number of benzene rings is 1. The molecule has 0 saturated carbocycles. The second kappa shape index (κ2) is 6.16. The van der Waals surface area contributed by atoms with Gasteiger partial charge in [-0.2, -0.15) is 0 Å². The number of hydrogen-bond acceptors (Lipinski definition) is 4. The van der Waals surface area contributed by atoms with Gasteiger partial charge in [-0.15, -0.1) is 0 Å². The van der Waals surface area contributed by atoms with Crippen molar-refractivity contribution in [2.75, 3.05) is 13.7 Å². The second-order valence-electron chi connectivity index (χ2n) is 2.94. The third-order valence-electron chi connectivity index (χ3n) is 1.95. The molecule has 0 spiro atoms. The van der Waals surface area contributed by atoms with Crippen LogP contribution in [-0.4, -0.2) is 19.8 Å². The highest BCUT2D eigenvalue weighted by Gasteiger charge is 2.09. The molecule has 0 amide bonds. The molecule has 0 atom stereocenters. The lowest BCUT2D eigenvalue weighted by Crippen LogP contribution is -1.97. The van der Waals surface area contributed by atoms with Gasteiger partial charge in [0.15, 0.2) is 0 Å². The Hall–Kier alpha value is -1.51. The molecule has 0 heterocycles. The van der Waals surface area contributed by atoms with Gasteiger partial charge in [0.25, 0.3) is 0 Å². The molecule has 0 aliphatic carbocycles. The number of isocyanates is 1. The van der Waals surface area contributed by atoms with E-state index in [0.29, 0.717) is 23.1 Å². The summed E-state index contributed by atoms with van der Waals surface area (Å²) in [5, 5.41) is 0.460. The third kappa shape index (κ3) is 2.99. The fraction of sp³-hybridized carbons (Fsp3) is 0.364. The number of hydrogen-bond donors (Lipinski definition) is 0. The van der Waals surface area contributed by atoms with E-state index in [1.807, 2.05) is 6.92 Å². The fourth-order valence-electron chi connectivity index (χ4n) is 1.26. The zero-order chi connectivity index (χ0) is 12.0. The van der Waals surface area contributed by atoms with Gasteiger partial charge in [-0.05, 0) is 13.0 Å². The van der Waals surface area contributed by atoms with Crippen molar-refractivity contribution in [2.45, 2.75) is 13.5 Å². The normalized spacial score (nSPS) is 9.44. The molecule has 0 aliphatic heterocycles. The van der Waals surface area contributed by atoms with Crippen LogP contribution in [0.5, 0.6) is 11.5 Å². The highest BCUT2D eigenvalue weighted by Crippen LogP contribution is 2.33. The Morgan fingerprint density at radius 2 is 2.19 bits per heavy atom. The van der Waals surface area contributed by atoms with Gasteiger partial charge >= 0.3 is 0 Å². The molecule has 86 valence electrons. The molecule has 4 nitrogen and oxygen atoms in total. The van der Waals surface area contributed by atoms with E-state index >= 15 is 0 Å². The zero-order valence-electron chi connectivity index (χ0n) is 9.12. The minimum absolute atomic E-state index is 0.197. The van der Waals surface area contributed by atoms with Crippen LogP contribution in [0.25, 0.3) is 0 Å². The molecule has 0 fully saturated rings. The highest BCUT2D eigenvalue weighted by atomic mass is 35.5. The van der Waals surface area contributed by atoms with E-state index in [-0.39, 0.29) is 6.54 Å². The van der Waals surface area contributed by atoms with Crippen molar-refractivity contribution < 1.29 is 14.3 Å². The summed E-state index contributed by atoms with van der Waals surface area (Å²) in [7, 11) is 1.53. The Kier molecular flexibility index (Phi) is 4.83. The molecule has 0 radical (unpaired) electrons. The standard InChI is InChI=1S/C11H12ClNO3/c1-3-16-10-5-11(15-2)9(12)4-8(10)6-13-7-14/h4-5H,3,6H2,1-2H3. The van der Waals surface area contributed by atoms with Crippen LogP contribution in [0, 0.1) is 0 Å². The summed E-state index contributed by atoms with van der Waals surface area (Å²) >= 11 is 5.96. The Morgan fingerprint density at radius 1 is 1.44 bits per heavy atom. The number of aliphatic imine (C=N–C) groups is 1. The van der Waals surface area contributed by atoms with Crippen LogP contribution < -0.4 is 9.47 Å². The number of halogens is 1. The van der Waals surface area contributed by atoms with Crippen LogP contribution in [0.4, 0.5) is 0 Å². The van der Waals surface area contributed by atoms with Crippen molar-refractivity contribution in [3.8, 4) is 11.5 Å². The molecule has 0 saturated heterocycles. The largest absolute Gasteiger partial charge is 0.495 e. The lowest BCUT2D eigenvalue weighted by atomic mass is 10.2. The average Bonchev–Trinajstić information content (AvgIpc) is 2.29. The minimum Gasteiger partial charge on any atom is -0.495 e. The predicted molar refractivity (Wildman–Crippen MR) is 61.0 cm³/mol. The first-order chi connectivity index (χ1) is 7.72. The van der Waals surface area contributed by atoms with Crippen LogP contribution in [-0.2, 0) is 11.3 Å². The Balaban J connectivity index is 3.12. The minimum atomic E-state index is 0.197. The maximum absolute atomic E-state index is 10.1. The summed E-state index contributed by atoms with van der Waals surface area (Å²) in [5.41, 5.74) is 0.732. The average molecular weight is 242 g/mol. The van der Waals surface area contributed by atoms with Gasteiger partial charge in [-0.25, -0.2) is 9.79 Å². The van der Waals surface area contributed by atoms with Crippen LogP contribution in [0.1, 0.15) is 12.5 Å². The lowest BCUT2D eigenvalue weighted by molar-refractivity contribution is 0.332. The molecule has 0 bridgehead atoms. The molecule has 5 heteroatoms. The zero-order valence-corrected chi connectivity index (χ0v) is 9.87. The maximum atomic E-state index is 10.1. The first-order valence-electron chi connectivity index (χ1n) is 4.75. The molecule has 0 aliphatic rings. The van der Waals surface area contributed by atoms with E-state index in [1.165, 1.54) is 13.2 Å². The van der Waals surface area contributed by atoms with Crippen molar-refractivity contribution in [1.82, 2.24) is 0 Å². The predicted octanol–water partition coefficient (Wildman–Crippen LogP) is 2.58. The van der Waals surface area contributed by atoms with Crippen molar-refractivity contribution in [2.24, 2.45) is 4.99 Å². The third-order valence-corrected chi connectivity index (χ3v) is 2.24. The SMILES string of the molecule is CCOc1cc(OC)c(Cl)cc1CN=C=O.